The molecule has 30 heavy (non-hydrogen) atoms. The molecule has 1 aromatic carbocycles. The van der Waals surface area contributed by atoms with Crippen LogP contribution >= 0.6 is 0 Å². The van der Waals surface area contributed by atoms with E-state index in [9.17, 15) is 9.18 Å². The molecule has 8 nitrogen and oxygen atoms in total. The van der Waals surface area contributed by atoms with Crippen molar-refractivity contribution in [2.75, 3.05) is 13.1 Å². The first-order valence-corrected chi connectivity index (χ1v) is 10.4. The Morgan fingerprint density at radius 3 is 2.87 bits per heavy atom. The second kappa shape index (κ2) is 8.51. The summed E-state index contributed by atoms with van der Waals surface area (Å²) in [5.41, 5.74) is 1.18. The molecule has 1 fully saturated rings. The lowest BCUT2D eigenvalue weighted by atomic mass is 9.80. The Kier molecular flexibility index (Phi) is 5.80. The van der Waals surface area contributed by atoms with Gasteiger partial charge in [0.05, 0.1) is 5.69 Å². The molecule has 0 saturated heterocycles. The van der Waals surface area contributed by atoms with Crippen LogP contribution in [0.3, 0.4) is 0 Å². The summed E-state index contributed by atoms with van der Waals surface area (Å²) in [4.78, 5) is 15.4. The minimum absolute atomic E-state index is 0.00346. The van der Waals surface area contributed by atoms with Crippen molar-refractivity contribution in [2.24, 2.45) is 0 Å². The average molecular weight is 414 g/mol. The Balaban J connectivity index is 1.41. The quantitative estimate of drug-likeness (QED) is 0.550. The predicted molar refractivity (Wildman–Crippen MR) is 110 cm³/mol. The van der Waals surface area contributed by atoms with E-state index in [-0.39, 0.29) is 29.5 Å². The van der Waals surface area contributed by atoms with Crippen LogP contribution in [0.5, 0.6) is 0 Å². The summed E-state index contributed by atoms with van der Waals surface area (Å²) in [6, 6.07) is 5.37. The van der Waals surface area contributed by atoms with E-state index in [1.165, 1.54) is 17.7 Å². The van der Waals surface area contributed by atoms with Crippen molar-refractivity contribution in [3.63, 3.8) is 0 Å². The molecule has 3 aromatic rings. The van der Waals surface area contributed by atoms with Crippen molar-refractivity contribution in [3.8, 4) is 5.95 Å². The van der Waals surface area contributed by atoms with Gasteiger partial charge in [0.1, 0.15) is 11.3 Å². The number of halogens is 1. The second-order valence-corrected chi connectivity index (χ2v) is 8.18. The van der Waals surface area contributed by atoms with Gasteiger partial charge in [0.2, 0.25) is 11.8 Å². The Labute approximate surface area is 174 Å². The van der Waals surface area contributed by atoms with E-state index in [1.807, 2.05) is 19.9 Å². The third-order valence-electron chi connectivity index (χ3n) is 5.50. The smallest absolute Gasteiger partial charge is 0.291 e. The zero-order chi connectivity index (χ0) is 21.3. The van der Waals surface area contributed by atoms with E-state index in [0.717, 1.165) is 36.9 Å². The number of rotatable bonds is 8. The highest BCUT2D eigenvalue weighted by molar-refractivity contribution is 5.84. The van der Waals surface area contributed by atoms with Crippen molar-refractivity contribution < 1.29 is 13.7 Å². The highest BCUT2D eigenvalue weighted by atomic mass is 19.1. The van der Waals surface area contributed by atoms with Gasteiger partial charge in [0.25, 0.3) is 5.95 Å². The first-order chi connectivity index (χ1) is 14.4. The summed E-state index contributed by atoms with van der Waals surface area (Å²) in [6.45, 7) is 7.10. The molecule has 0 spiro atoms. The van der Waals surface area contributed by atoms with Gasteiger partial charge in [-0.1, -0.05) is 26.0 Å². The lowest BCUT2D eigenvalue weighted by molar-refractivity contribution is -0.118. The average Bonchev–Trinajstić information content (AvgIpc) is 3.28. The molecular weight excluding hydrogens is 387 g/mol. The van der Waals surface area contributed by atoms with Crippen molar-refractivity contribution in [1.82, 2.24) is 30.6 Å². The maximum atomic E-state index is 14.5. The molecule has 0 unspecified atom stereocenters. The highest BCUT2D eigenvalue weighted by Crippen LogP contribution is 2.36. The van der Waals surface area contributed by atoms with Crippen LogP contribution < -0.4 is 10.6 Å². The van der Waals surface area contributed by atoms with Gasteiger partial charge < -0.3 is 15.2 Å². The molecule has 1 aliphatic carbocycles. The summed E-state index contributed by atoms with van der Waals surface area (Å²) >= 11 is 0. The Morgan fingerprint density at radius 2 is 2.13 bits per heavy atom. The normalized spacial score (nSPS) is 18.7. The van der Waals surface area contributed by atoms with Crippen LogP contribution in [0.2, 0.25) is 0 Å². The Hall–Kier alpha value is -2.81. The molecule has 1 amide bonds. The molecule has 0 bridgehead atoms. The fraction of sp³-hybridized carbons (Fsp3) is 0.524. The van der Waals surface area contributed by atoms with Crippen molar-refractivity contribution in [1.29, 1.82) is 0 Å². The molecule has 9 heteroatoms. The van der Waals surface area contributed by atoms with Gasteiger partial charge in [0.15, 0.2) is 0 Å². The summed E-state index contributed by atoms with van der Waals surface area (Å²) < 4.78 is 21.5. The molecule has 0 atom stereocenters. The summed E-state index contributed by atoms with van der Waals surface area (Å²) in [7, 11) is 0. The molecule has 2 aromatic heterocycles. The van der Waals surface area contributed by atoms with E-state index >= 15 is 0 Å². The second-order valence-electron chi connectivity index (χ2n) is 8.18. The third-order valence-corrected chi connectivity index (χ3v) is 5.50. The topological polar surface area (TPSA) is 97.9 Å². The first kappa shape index (κ1) is 20.5. The lowest BCUT2D eigenvalue weighted by Crippen LogP contribution is -2.41. The van der Waals surface area contributed by atoms with Gasteiger partial charge >= 0.3 is 0 Å². The Bertz CT molecular complexity index is 1040. The minimum Gasteiger partial charge on any atom is -0.356 e. The fourth-order valence-electron chi connectivity index (χ4n) is 3.84. The van der Waals surface area contributed by atoms with Gasteiger partial charge in [-0.3, -0.25) is 4.79 Å². The summed E-state index contributed by atoms with van der Waals surface area (Å²) in [5, 5.41) is 15.7. The van der Waals surface area contributed by atoms with Gasteiger partial charge in [-0.2, -0.15) is 14.8 Å². The molecule has 2 N–H and O–H groups in total. The first-order valence-electron chi connectivity index (χ1n) is 10.4. The van der Waals surface area contributed by atoms with E-state index < -0.39 is 0 Å². The number of nitrogens with one attached hydrogen (secondary N) is 2. The lowest BCUT2D eigenvalue weighted by Gasteiger charge is -2.33. The number of benzene rings is 1. The molecule has 4 rings (SSSR count). The van der Waals surface area contributed by atoms with Crippen LogP contribution in [0, 0.1) is 5.82 Å². The third kappa shape index (κ3) is 4.07. The van der Waals surface area contributed by atoms with Gasteiger partial charge in [-0.05, 0) is 42.9 Å². The van der Waals surface area contributed by atoms with Crippen molar-refractivity contribution in [2.45, 2.75) is 57.9 Å². The number of amides is 1. The maximum Gasteiger partial charge on any atom is 0.291 e. The zero-order valence-corrected chi connectivity index (χ0v) is 17.5. The maximum absolute atomic E-state index is 14.5. The van der Waals surface area contributed by atoms with Crippen molar-refractivity contribution >= 4 is 16.8 Å². The number of hydrogen-bond acceptors (Lipinski definition) is 6. The van der Waals surface area contributed by atoms with Gasteiger partial charge in [-0.15, -0.1) is 0 Å². The largest absolute Gasteiger partial charge is 0.356 e. The van der Waals surface area contributed by atoms with E-state index in [1.54, 1.807) is 6.07 Å². The standard InChI is InChI=1S/C21H27FN6O2/c1-12(2)18-16-6-4-7-17(22)19(16)28(26-18)21-25-20(30-27-21)14-10-15(11-14)24-9-5-8-23-13(3)29/h4,6-7,12,14-15,24H,5,8-11H2,1-3H3,(H,23,29)/t14-,15+. The van der Waals surface area contributed by atoms with Crippen molar-refractivity contribution in [3.05, 3.63) is 35.6 Å². The molecule has 1 saturated carbocycles. The van der Waals surface area contributed by atoms with Crippen LogP contribution in [0.4, 0.5) is 4.39 Å². The molecule has 0 radical (unpaired) electrons. The number of carbonyl (C=O) groups is 1. The number of para-hydroxylation sites is 1. The van der Waals surface area contributed by atoms with Gasteiger partial charge in [0, 0.05) is 30.8 Å². The van der Waals surface area contributed by atoms with Crippen LogP contribution in [-0.2, 0) is 4.79 Å². The Morgan fingerprint density at radius 1 is 1.33 bits per heavy atom. The SMILES string of the molecule is CC(=O)NCCCN[C@H]1C[C@@H](c2nc(-n3nc(C(C)C)c4cccc(F)c43)no2)C1. The van der Waals surface area contributed by atoms with Crippen LogP contribution in [0.1, 0.15) is 63.5 Å². The molecule has 160 valence electrons. The molecule has 0 aliphatic heterocycles. The number of aromatic nitrogens is 4. The van der Waals surface area contributed by atoms with Crippen LogP contribution in [0.15, 0.2) is 22.7 Å². The van der Waals surface area contributed by atoms with Crippen LogP contribution in [-0.4, -0.2) is 45.0 Å². The fourth-order valence-corrected chi connectivity index (χ4v) is 3.84. The van der Waals surface area contributed by atoms with Crippen LogP contribution in [0.25, 0.3) is 16.9 Å². The molecule has 2 heterocycles. The summed E-state index contributed by atoms with van der Waals surface area (Å²) in [6.07, 6.45) is 2.71. The monoisotopic (exact) mass is 414 g/mol. The van der Waals surface area contributed by atoms with E-state index in [2.05, 4.69) is 25.9 Å². The zero-order valence-electron chi connectivity index (χ0n) is 17.5. The number of fused-ring (bicyclic) bond motifs is 1. The molecular formula is C21H27FN6O2. The number of hydrogen-bond donors (Lipinski definition) is 2. The van der Waals surface area contributed by atoms with E-state index in [0.29, 0.717) is 24.0 Å². The predicted octanol–water partition coefficient (Wildman–Crippen LogP) is 3.03. The van der Waals surface area contributed by atoms with E-state index in [4.69, 9.17) is 4.52 Å². The summed E-state index contributed by atoms with van der Waals surface area (Å²) in [5.74, 6) is 0.800. The highest BCUT2D eigenvalue weighted by Gasteiger charge is 2.34. The van der Waals surface area contributed by atoms with Gasteiger partial charge in [-0.25, -0.2) is 4.39 Å². The number of nitrogens with zero attached hydrogens (tertiary/aromatic N) is 4. The molecule has 1 aliphatic rings. The minimum atomic E-state index is -0.356. The number of carbonyl (C=O) groups excluding carboxylic acids is 1.